The van der Waals surface area contributed by atoms with Gasteiger partial charge in [-0.2, -0.15) is 0 Å². The Hall–Kier alpha value is -5.26. The van der Waals surface area contributed by atoms with Crippen molar-refractivity contribution in [3.8, 4) is 0 Å². The highest BCUT2D eigenvalue weighted by atomic mass is 16.6. The fourth-order valence-corrected chi connectivity index (χ4v) is 7.60. The van der Waals surface area contributed by atoms with Crippen molar-refractivity contribution in [2.24, 2.45) is 0 Å². The number of nitrogens with one attached hydrogen (secondary N) is 3. The van der Waals surface area contributed by atoms with E-state index in [0.29, 0.717) is 42.4 Å². The predicted octanol–water partition coefficient (Wildman–Crippen LogP) is 2.24. The fourth-order valence-electron chi connectivity index (χ4n) is 7.60. The predicted molar refractivity (Wildman–Crippen MR) is 243 cm³/mol. The lowest BCUT2D eigenvalue weighted by atomic mass is 10.1. The molecule has 3 aliphatic rings. The van der Waals surface area contributed by atoms with Crippen molar-refractivity contribution in [2.45, 2.75) is 169 Å². The standard InChI is InChI=1S/C15H20N2O7.C12H18N2O4.C11H16N2O4.C6H15N/c1-3-9-10(24-13(20)5-4-12(18)19)6-11(23-9)17-7-8(2)14(21)16-15(17)22;1-4-8-9(17-3)5-10(18-8)14-6-7(2)11(15)13-12(14)16;1-3-8-7(14)4-9(17-8)13-5-6(2)10(15)12-11(13)16;1-4-7(5-2)6-3/h7,9-11H,3-6H2,1-2H3,(H,18,19)(H,16,21,22);6,8-10H,4-5H2,1-3H3,(H,13,15,16);5,7-9,14H,3-4H2,1-2H3,(H,12,15,16);4-6H2,1-3H3/p+1/t9-,10?,11-;8-,9?,10-;7?,8-,9-;/m111./s1. The summed E-state index contributed by atoms with van der Waals surface area (Å²) in [5, 5.41) is 18.3. The molecule has 5 N–H and O–H groups in total. The molecular formula is C44H70N7O15+. The van der Waals surface area contributed by atoms with Gasteiger partial charge in [0.25, 0.3) is 16.7 Å². The van der Waals surface area contributed by atoms with Crippen LogP contribution in [0.4, 0.5) is 0 Å². The first kappa shape index (κ1) is 55.1. The quantitative estimate of drug-likeness (QED) is 0.145. The maximum Gasteiger partial charge on any atom is 1.00 e. The van der Waals surface area contributed by atoms with Gasteiger partial charge in [-0.05, 0) is 59.7 Å². The lowest BCUT2D eigenvalue weighted by Crippen LogP contribution is -2.33. The number of carboxylic acid groups (broad SMARTS) is 1. The Morgan fingerprint density at radius 3 is 1.32 bits per heavy atom. The Morgan fingerprint density at radius 1 is 0.636 bits per heavy atom. The van der Waals surface area contributed by atoms with Gasteiger partial charge in [-0.25, -0.2) is 14.4 Å². The summed E-state index contributed by atoms with van der Waals surface area (Å²) in [4.78, 5) is 101. The summed E-state index contributed by atoms with van der Waals surface area (Å²) in [7, 11) is 1.64. The third-order valence-corrected chi connectivity index (χ3v) is 11.6. The van der Waals surface area contributed by atoms with E-state index in [1.54, 1.807) is 27.9 Å². The van der Waals surface area contributed by atoms with Crippen LogP contribution in [-0.2, 0) is 33.3 Å². The molecule has 22 nitrogen and oxygen atoms in total. The summed E-state index contributed by atoms with van der Waals surface area (Å²) in [6, 6.07) is 0. The maximum absolute atomic E-state index is 11.9. The Kier molecular flexibility index (Phi) is 21.8. The van der Waals surface area contributed by atoms with Crippen LogP contribution in [0.25, 0.3) is 0 Å². The highest BCUT2D eigenvalue weighted by Crippen LogP contribution is 2.33. The first-order valence-electron chi connectivity index (χ1n) is 22.5. The number of aliphatic hydroxyl groups is 1. The average molecular weight is 937 g/mol. The van der Waals surface area contributed by atoms with E-state index >= 15 is 0 Å². The second-order valence-corrected chi connectivity index (χ2v) is 16.1. The highest BCUT2D eigenvalue weighted by molar-refractivity contribution is 5.76. The van der Waals surface area contributed by atoms with E-state index in [2.05, 4.69) is 40.6 Å². The van der Waals surface area contributed by atoms with E-state index in [-0.39, 0.29) is 50.8 Å². The zero-order valence-corrected chi connectivity index (χ0v) is 39.7. The molecule has 9 atom stereocenters. The van der Waals surface area contributed by atoms with Gasteiger partial charge in [-0.3, -0.25) is 52.6 Å². The molecule has 0 spiro atoms. The molecule has 6 heterocycles. The number of rotatable bonds is 14. The van der Waals surface area contributed by atoms with E-state index in [1.807, 2.05) is 20.8 Å². The van der Waals surface area contributed by atoms with E-state index in [0.717, 1.165) is 6.42 Å². The minimum absolute atomic E-state index is 0. The molecule has 3 saturated heterocycles. The first-order chi connectivity index (χ1) is 31.2. The molecular weight excluding hydrogens is 867 g/mol. The van der Waals surface area contributed by atoms with E-state index in [4.69, 9.17) is 28.8 Å². The van der Waals surface area contributed by atoms with Gasteiger partial charge in [0.15, 0.2) is 0 Å². The summed E-state index contributed by atoms with van der Waals surface area (Å²) in [5.74, 6) is -1.69. The third kappa shape index (κ3) is 15.1. The number of methoxy groups -OCH3 is 1. The number of aryl methyl sites for hydroxylation is 3. The number of aromatic amines is 3. The number of ether oxygens (including phenoxy) is 5. The van der Waals surface area contributed by atoms with E-state index < -0.39 is 70.9 Å². The first-order valence-corrected chi connectivity index (χ1v) is 22.5. The molecule has 3 aliphatic heterocycles. The van der Waals surface area contributed by atoms with Gasteiger partial charge in [-0.15, -0.1) is 0 Å². The van der Waals surface area contributed by atoms with Crippen LogP contribution >= 0.6 is 0 Å². The van der Waals surface area contributed by atoms with Crippen molar-refractivity contribution >= 4 is 11.9 Å². The third-order valence-electron chi connectivity index (χ3n) is 11.6. The molecule has 0 amide bonds. The number of carboxylic acids is 1. The summed E-state index contributed by atoms with van der Waals surface area (Å²) < 4.78 is 31.8. The Labute approximate surface area is 383 Å². The molecule has 0 radical (unpaired) electrons. The molecule has 0 bridgehead atoms. The van der Waals surface area contributed by atoms with Gasteiger partial charge in [0.05, 0.1) is 43.4 Å². The zero-order valence-electron chi connectivity index (χ0n) is 40.7. The largest absolute Gasteiger partial charge is 1.00 e. The van der Waals surface area contributed by atoms with Gasteiger partial charge >= 0.3 is 30.4 Å². The number of carbonyl (C=O) groups is 2. The van der Waals surface area contributed by atoms with Crippen molar-refractivity contribution in [1.29, 1.82) is 0 Å². The van der Waals surface area contributed by atoms with E-state index in [9.17, 15) is 43.5 Å². The number of hydrogen-bond donors (Lipinski definition) is 5. The van der Waals surface area contributed by atoms with Gasteiger partial charge in [0.1, 0.15) is 24.8 Å². The molecule has 0 aromatic carbocycles. The summed E-state index contributed by atoms with van der Waals surface area (Å²) in [6.45, 7) is 20.8. The Morgan fingerprint density at radius 2 is 1.00 bits per heavy atom. The average Bonchev–Trinajstić information content (AvgIpc) is 4.01. The molecule has 0 aliphatic carbocycles. The van der Waals surface area contributed by atoms with Crippen molar-refractivity contribution in [3.05, 3.63) is 97.8 Å². The number of aliphatic carboxylic acids is 1. The topological polar surface area (TPSA) is 289 Å². The van der Waals surface area contributed by atoms with Crippen molar-refractivity contribution in [2.75, 3.05) is 26.7 Å². The van der Waals surface area contributed by atoms with Gasteiger partial charge in [0.2, 0.25) is 0 Å². The summed E-state index contributed by atoms with van der Waals surface area (Å²) >= 11 is 0. The van der Waals surface area contributed by atoms with Crippen LogP contribution in [0.3, 0.4) is 0 Å². The van der Waals surface area contributed by atoms with Crippen LogP contribution in [0.15, 0.2) is 47.4 Å². The van der Waals surface area contributed by atoms with Crippen LogP contribution in [0, 0.1) is 20.8 Å². The smallest absolute Gasteiger partial charge is 0.481 e. The minimum atomic E-state index is -1.07. The van der Waals surface area contributed by atoms with Gasteiger partial charge in [-0.1, -0.05) is 41.5 Å². The number of esters is 1. The molecule has 3 fully saturated rings. The minimum Gasteiger partial charge on any atom is -0.481 e. The molecule has 3 aromatic rings. The maximum atomic E-state index is 11.9. The number of aromatic nitrogens is 6. The molecule has 6 rings (SSSR count). The highest BCUT2D eigenvalue weighted by Gasteiger charge is 2.39. The number of hydrogen-bond acceptors (Lipinski definition) is 15. The monoisotopic (exact) mass is 936 g/mol. The van der Waals surface area contributed by atoms with Crippen LogP contribution in [0.1, 0.15) is 130 Å². The van der Waals surface area contributed by atoms with Crippen LogP contribution in [0.5, 0.6) is 0 Å². The van der Waals surface area contributed by atoms with Crippen LogP contribution in [-0.4, -0.2) is 119 Å². The second kappa shape index (κ2) is 26.2. The molecule has 370 valence electrons. The SMILES string of the molecule is CCN(CC)CC.CC[C@H]1O[C@@H](n2cc(C)c(=O)[nH]c2=O)CC1O.CC[C@H]1O[C@@H](n2cc(C)c(=O)[nH]c2=O)CC1OC.CC[C@H]1O[C@@H](n2cc(C)c(=O)[nH]c2=O)CC1OC(=O)CCC(=O)O.[H+]. The van der Waals surface area contributed by atoms with Crippen molar-refractivity contribution < 1.29 is 44.9 Å². The van der Waals surface area contributed by atoms with Crippen LogP contribution < -0.4 is 33.7 Å². The molecule has 3 aromatic heterocycles. The molecule has 0 saturated carbocycles. The Balaban J connectivity index is 0.000000324. The fraction of sp³-hybridized carbons (Fsp3) is 0.682. The number of H-pyrrole nitrogens is 3. The molecule has 3 unspecified atom stereocenters. The normalized spacial score (nSPS) is 24.4. The lowest BCUT2D eigenvalue weighted by molar-refractivity contribution is -0.154. The van der Waals surface area contributed by atoms with Gasteiger partial charge in [0, 0.05) is 61.7 Å². The number of nitrogens with zero attached hydrogens (tertiary/aromatic N) is 4. The van der Waals surface area contributed by atoms with Gasteiger partial charge < -0.3 is 38.8 Å². The summed E-state index contributed by atoms with van der Waals surface area (Å²) in [6.07, 6.45) is 3.86. The molecule has 22 heteroatoms. The zero-order chi connectivity index (χ0) is 49.4. The van der Waals surface area contributed by atoms with E-state index in [1.165, 1.54) is 51.9 Å². The number of aliphatic hydroxyl groups excluding tert-OH is 1. The summed E-state index contributed by atoms with van der Waals surface area (Å²) in [5.41, 5.74) is -1.44. The van der Waals surface area contributed by atoms with Crippen LogP contribution in [0.2, 0.25) is 0 Å². The molecule has 66 heavy (non-hydrogen) atoms. The van der Waals surface area contributed by atoms with Crippen molar-refractivity contribution in [1.82, 2.24) is 33.6 Å². The lowest BCUT2D eigenvalue weighted by Gasteiger charge is -2.17. The second-order valence-electron chi connectivity index (χ2n) is 16.1. The van der Waals surface area contributed by atoms with Crippen molar-refractivity contribution in [3.63, 3.8) is 0 Å². The number of carbonyl (C=O) groups excluding carboxylic acids is 1. The Bertz CT molecular complexity index is 2390.